The SMILES string of the molecule is CC1=C(C)C(=O)C(CC[C@](C)(O)C(=O)N2CC[NH2+]CC2)=C(C)C1=O. The zero-order chi connectivity index (χ0) is 18.1. The van der Waals surface area contributed by atoms with Crippen molar-refractivity contribution in [3.63, 3.8) is 0 Å². The Bertz CT molecular complexity index is 637. The predicted octanol–water partition coefficient (Wildman–Crippen LogP) is -0.272. The molecule has 2 aliphatic rings. The maximum atomic E-state index is 12.5. The van der Waals surface area contributed by atoms with Crippen molar-refractivity contribution >= 4 is 17.5 Å². The topological polar surface area (TPSA) is 91.3 Å². The largest absolute Gasteiger partial charge is 0.380 e. The summed E-state index contributed by atoms with van der Waals surface area (Å²) in [6.07, 6.45) is 0.351. The molecular formula is C18H27N2O4+. The molecule has 0 aromatic heterocycles. The summed E-state index contributed by atoms with van der Waals surface area (Å²) in [5, 5.41) is 12.7. The van der Waals surface area contributed by atoms with Crippen LogP contribution < -0.4 is 5.32 Å². The van der Waals surface area contributed by atoms with Gasteiger partial charge in [-0.2, -0.15) is 0 Å². The number of piperazine rings is 1. The Morgan fingerprint density at radius 3 is 2.21 bits per heavy atom. The Balaban J connectivity index is 2.10. The van der Waals surface area contributed by atoms with Crippen LogP contribution in [-0.4, -0.2) is 59.3 Å². The Morgan fingerprint density at radius 1 is 1.08 bits per heavy atom. The number of carbonyl (C=O) groups is 3. The zero-order valence-corrected chi connectivity index (χ0v) is 14.9. The van der Waals surface area contributed by atoms with Crippen LogP contribution in [0.3, 0.4) is 0 Å². The molecule has 0 aromatic carbocycles. The fourth-order valence-corrected chi connectivity index (χ4v) is 3.23. The highest BCUT2D eigenvalue weighted by molar-refractivity contribution is 6.24. The highest BCUT2D eigenvalue weighted by atomic mass is 16.3. The molecule has 6 nitrogen and oxygen atoms in total. The summed E-state index contributed by atoms with van der Waals surface area (Å²) >= 11 is 0. The van der Waals surface area contributed by atoms with Gasteiger partial charge in [0.2, 0.25) is 0 Å². The molecule has 132 valence electrons. The lowest BCUT2D eigenvalue weighted by Crippen LogP contribution is -2.90. The number of aliphatic hydroxyl groups is 1. The summed E-state index contributed by atoms with van der Waals surface area (Å²) in [4.78, 5) is 38.8. The molecule has 1 saturated heterocycles. The number of hydrogen-bond donors (Lipinski definition) is 2. The van der Waals surface area contributed by atoms with E-state index in [9.17, 15) is 19.5 Å². The molecule has 1 aliphatic heterocycles. The van der Waals surface area contributed by atoms with Gasteiger partial charge in [0.15, 0.2) is 11.6 Å². The number of nitrogens with zero attached hydrogens (tertiary/aromatic N) is 1. The fraction of sp³-hybridized carbons (Fsp3) is 0.611. The van der Waals surface area contributed by atoms with Gasteiger partial charge < -0.3 is 15.3 Å². The van der Waals surface area contributed by atoms with Crippen molar-refractivity contribution < 1.29 is 24.8 Å². The number of carbonyl (C=O) groups excluding carboxylic acids is 3. The molecule has 24 heavy (non-hydrogen) atoms. The molecule has 0 aromatic rings. The van der Waals surface area contributed by atoms with Crippen LogP contribution in [-0.2, 0) is 14.4 Å². The lowest BCUT2D eigenvalue weighted by molar-refractivity contribution is -0.662. The Kier molecular flexibility index (Phi) is 5.40. The molecule has 1 amide bonds. The smallest absolute Gasteiger partial charge is 0.254 e. The minimum atomic E-state index is -1.53. The zero-order valence-electron chi connectivity index (χ0n) is 14.9. The van der Waals surface area contributed by atoms with E-state index in [2.05, 4.69) is 5.32 Å². The van der Waals surface area contributed by atoms with E-state index in [0.717, 1.165) is 13.1 Å². The molecule has 1 fully saturated rings. The van der Waals surface area contributed by atoms with Gasteiger partial charge in [-0.25, -0.2) is 0 Å². The van der Waals surface area contributed by atoms with Crippen molar-refractivity contribution in [3.8, 4) is 0 Å². The standard InChI is InChI=1S/C18H26N2O4/c1-11-12(2)16(22)14(13(3)15(11)21)5-6-18(4,24)17(23)20-9-7-19-8-10-20/h19,24H,5-10H2,1-4H3/p+1/t18-/m0/s1. The molecule has 0 unspecified atom stereocenters. The maximum absolute atomic E-state index is 12.5. The monoisotopic (exact) mass is 335 g/mol. The summed E-state index contributed by atoms with van der Waals surface area (Å²) in [7, 11) is 0. The van der Waals surface area contributed by atoms with Gasteiger partial charge in [-0.1, -0.05) is 0 Å². The first-order valence-corrected chi connectivity index (χ1v) is 8.47. The quantitative estimate of drug-likeness (QED) is 0.692. The second kappa shape index (κ2) is 6.99. The van der Waals surface area contributed by atoms with Gasteiger partial charge in [0, 0.05) is 22.3 Å². The van der Waals surface area contributed by atoms with Crippen LogP contribution in [0.5, 0.6) is 0 Å². The van der Waals surface area contributed by atoms with Crippen LogP contribution in [0.1, 0.15) is 40.5 Å². The number of allylic oxidation sites excluding steroid dienone is 4. The number of ketones is 2. The third-order valence-electron chi connectivity index (χ3n) is 5.13. The number of rotatable bonds is 4. The molecule has 0 bridgehead atoms. The van der Waals surface area contributed by atoms with Crippen LogP contribution in [0.4, 0.5) is 0 Å². The summed E-state index contributed by atoms with van der Waals surface area (Å²) in [5.74, 6) is -0.577. The molecule has 0 spiro atoms. The molecule has 3 N–H and O–H groups in total. The average Bonchev–Trinajstić information content (AvgIpc) is 2.58. The van der Waals surface area contributed by atoms with E-state index in [1.54, 1.807) is 25.7 Å². The third-order valence-corrected chi connectivity index (χ3v) is 5.13. The second-order valence-electron chi connectivity index (χ2n) is 6.94. The van der Waals surface area contributed by atoms with Crippen LogP contribution in [0.15, 0.2) is 22.3 Å². The first-order valence-electron chi connectivity index (χ1n) is 8.47. The number of nitrogens with two attached hydrogens (primary N) is 1. The summed E-state index contributed by atoms with van der Waals surface area (Å²) in [5.41, 5.74) is 0.256. The van der Waals surface area contributed by atoms with Crippen molar-refractivity contribution in [3.05, 3.63) is 22.3 Å². The second-order valence-corrected chi connectivity index (χ2v) is 6.94. The predicted molar refractivity (Wildman–Crippen MR) is 89.2 cm³/mol. The minimum absolute atomic E-state index is 0.125. The molecule has 0 radical (unpaired) electrons. The van der Waals surface area contributed by atoms with Gasteiger partial charge >= 0.3 is 0 Å². The Labute approximate surface area is 142 Å². The lowest BCUT2D eigenvalue weighted by atomic mass is 9.82. The van der Waals surface area contributed by atoms with E-state index in [1.165, 1.54) is 6.92 Å². The average molecular weight is 335 g/mol. The molecule has 1 atom stereocenters. The van der Waals surface area contributed by atoms with Crippen LogP contribution >= 0.6 is 0 Å². The van der Waals surface area contributed by atoms with Crippen molar-refractivity contribution in [1.82, 2.24) is 4.90 Å². The number of quaternary nitrogens is 1. The van der Waals surface area contributed by atoms with Crippen LogP contribution in [0.25, 0.3) is 0 Å². The fourth-order valence-electron chi connectivity index (χ4n) is 3.23. The number of amides is 1. The minimum Gasteiger partial charge on any atom is -0.380 e. The molecular weight excluding hydrogens is 308 g/mol. The highest BCUT2D eigenvalue weighted by Crippen LogP contribution is 2.29. The van der Waals surface area contributed by atoms with E-state index in [0.29, 0.717) is 35.4 Å². The summed E-state index contributed by atoms with van der Waals surface area (Å²) in [6, 6.07) is 0. The summed E-state index contributed by atoms with van der Waals surface area (Å²) in [6.45, 7) is 9.35. The normalized spacial score (nSPS) is 22.1. The van der Waals surface area contributed by atoms with Gasteiger partial charge in [0.05, 0.1) is 26.2 Å². The molecule has 0 saturated carbocycles. The molecule has 1 heterocycles. The van der Waals surface area contributed by atoms with Gasteiger partial charge in [-0.3, -0.25) is 14.4 Å². The van der Waals surface area contributed by atoms with E-state index >= 15 is 0 Å². The van der Waals surface area contributed by atoms with Crippen molar-refractivity contribution in [2.24, 2.45) is 0 Å². The van der Waals surface area contributed by atoms with Gasteiger partial charge in [-0.05, 0) is 40.5 Å². The highest BCUT2D eigenvalue weighted by Gasteiger charge is 2.37. The Morgan fingerprint density at radius 2 is 1.62 bits per heavy atom. The molecule has 1 aliphatic carbocycles. The van der Waals surface area contributed by atoms with Crippen molar-refractivity contribution in [2.75, 3.05) is 26.2 Å². The van der Waals surface area contributed by atoms with Crippen molar-refractivity contribution in [2.45, 2.75) is 46.1 Å². The Hall–Kier alpha value is -1.79. The first kappa shape index (κ1) is 18.5. The van der Waals surface area contributed by atoms with E-state index in [-0.39, 0.29) is 30.3 Å². The van der Waals surface area contributed by atoms with Gasteiger partial charge in [0.1, 0.15) is 5.60 Å². The maximum Gasteiger partial charge on any atom is 0.254 e. The molecule has 6 heteroatoms. The van der Waals surface area contributed by atoms with Gasteiger partial charge in [-0.15, -0.1) is 0 Å². The van der Waals surface area contributed by atoms with Crippen LogP contribution in [0.2, 0.25) is 0 Å². The van der Waals surface area contributed by atoms with Crippen molar-refractivity contribution in [1.29, 1.82) is 0 Å². The van der Waals surface area contributed by atoms with Crippen LogP contribution in [0, 0.1) is 0 Å². The summed E-state index contributed by atoms with van der Waals surface area (Å²) < 4.78 is 0. The number of Topliss-reactive ketones (excluding diaryl/α,β-unsaturated/α-hetero) is 2. The number of hydrogen-bond acceptors (Lipinski definition) is 4. The lowest BCUT2D eigenvalue weighted by Gasteiger charge is -2.32. The molecule has 2 rings (SSSR count). The first-order chi connectivity index (χ1) is 11.2. The van der Waals surface area contributed by atoms with E-state index in [4.69, 9.17) is 0 Å². The van der Waals surface area contributed by atoms with E-state index < -0.39 is 5.60 Å². The third kappa shape index (κ3) is 3.49. The van der Waals surface area contributed by atoms with E-state index in [1.807, 2.05) is 0 Å². The van der Waals surface area contributed by atoms with Gasteiger partial charge in [0.25, 0.3) is 5.91 Å².